The second-order valence-electron chi connectivity index (χ2n) is 6.16. The van der Waals surface area contributed by atoms with E-state index in [2.05, 4.69) is 5.32 Å². The average Bonchev–Trinajstić information content (AvgIpc) is 2.65. The van der Waals surface area contributed by atoms with Gasteiger partial charge in [0.15, 0.2) is 0 Å². The number of nitrogens with two attached hydrogens (primary N) is 2. The van der Waals surface area contributed by atoms with Crippen LogP contribution in [0.4, 0.5) is 5.69 Å². The molecule has 0 heterocycles. The van der Waals surface area contributed by atoms with Crippen LogP contribution in [0, 0.1) is 5.41 Å². The maximum Gasteiger partial charge on any atom is 0.248 e. The van der Waals surface area contributed by atoms with Crippen LogP contribution in [-0.2, 0) is 4.79 Å². The van der Waals surface area contributed by atoms with Gasteiger partial charge in [-0.25, -0.2) is 0 Å². The van der Waals surface area contributed by atoms with Crippen LogP contribution in [0.3, 0.4) is 0 Å². The summed E-state index contributed by atoms with van der Waals surface area (Å²) >= 11 is 0. The van der Waals surface area contributed by atoms with Crippen molar-refractivity contribution < 1.29 is 14.3 Å². The monoisotopic (exact) mass is 391 g/mol. The van der Waals surface area contributed by atoms with E-state index in [1.54, 1.807) is 48.5 Å². The standard InChI is InChI=1S/C20H25N3O3.ClH/c1-3-20(4-2,13-21)19(25)23-15-8-10-16(11-9-15)26-17-7-5-6-14(12-17)18(22)24;/h5-12H,3-4,13,21H2,1-2H3,(H2,22,24)(H,23,25);1H. The summed E-state index contributed by atoms with van der Waals surface area (Å²) in [7, 11) is 0. The van der Waals surface area contributed by atoms with Crippen molar-refractivity contribution in [3.63, 3.8) is 0 Å². The summed E-state index contributed by atoms with van der Waals surface area (Å²) in [5.41, 5.74) is 11.6. The summed E-state index contributed by atoms with van der Waals surface area (Å²) in [6.45, 7) is 4.24. The van der Waals surface area contributed by atoms with E-state index in [-0.39, 0.29) is 18.3 Å². The molecule has 27 heavy (non-hydrogen) atoms. The van der Waals surface area contributed by atoms with E-state index in [0.29, 0.717) is 42.1 Å². The van der Waals surface area contributed by atoms with Crippen molar-refractivity contribution in [2.75, 3.05) is 11.9 Å². The van der Waals surface area contributed by atoms with Gasteiger partial charge < -0.3 is 21.5 Å². The van der Waals surface area contributed by atoms with Crippen LogP contribution >= 0.6 is 12.4 Å². The number of rotatable bonds is 8. The van der Waals surface area contributed by atoms with E-state index in [1.165, 1.54) is 0 Å². The molecule has 2 aromatic carbocycles. The Kier molecular flexibility index (Phi) is 8.28. The normalized spacial score (nSPS) is 10.6. The molecule has 0 saturated carbocycles. The lowest BCUT2D eigenvalue weighted by Crippen LogP contribution is -2.41. The molecule has 0 aliphatic carbocycles. The topological polar surface area (TPSA) is 107 Å². The second kappa shape index (κ2) is 9.94. The molecule has 0 spiro atoms. The third-order valence-electron chi connectivity index (χ3n) is 4.69. The fourth-order valence-electron chi connectivity index (χ4n) is 2.67. The number of primary amides is 1. The minimum atomic E-state index is -0.551. The first-order valence-electron chi connectivity index (χ1n) is 8.63. The number of hydrogen-bond acceptors (Lipinski definition) is 4. The van der Waals surface area contributed by atoms with E-state index in [4.69, 9.17) is 16.2 Å². The van der Waals surface area contributed by atoms with E-state index in [9.17, 15) is 9.59 Å². The van der Waals surface area contributed by atoms with Gasteiger partial charge in [-0.3, -0.25) is 9.59 Å². The first kappa shape index (κ1) is 22.5. The Morgan fingerprint density at radius 1 is 1.04 bits per heavy atom. The number of carbonyl (C=O) groups is 2. The molecular formula is C20H26ClN3O3. The lowest BCUT2D eigenvalue weighted by molar-refractivity contribution is -0.125. The molecule has 0 atom stereocenters. The molecule has 0 fully saturated rings. The number of ether oxygens (including phenoxy) is 1. The Morgan fingerprint density at radius 3 is 2.19 bits per heavy atom. The van der Waals surface area contributed by atoms with Crippen LogP contribution in [0.2, 0.25) is 0 Å². The molecule has 2 amide bonds. The Labute approximate surface area is 165 Å². The summed E-state index contributed by atoms with van der Waals surface area (Å²) < 4.78 is 5.72. The van der Waals surface area contributed by atoms with E-state index >= 15 is 0 Å². The molecule has 0 unspecified atom stereocenters. The van der Waals surface area contributed by atoms with Crippen LogP contribution in [0.25, 0.3) is 0 Å². The lowest BCUT2D eigenvalue weighted by atomic mass is 9.81. The van der Waals surface area contributed by atoms with Crippen LogP contribution in [0.5, 0.6) is 11.5 Å². The Morgan fingerprint density at radius 2 is 1.67 bits per heavy atom. The number of anilines is 1. The number of benzene rings is 2. The molecular weight excluding hydrogens is 366 g/mol. The molecule has 0 radical (unpaired) electrons. The highest BCUT2D eigenvalue weighted by Crippen LogP contribution is 2.28. The van der Waals surface area contributed by atoms with Crippen molar-refractivity contribution in [1.82, 2.24) is 0 Å². The summed E-state index contributed by atoms with van der Waals surface area (Å²) in [5, 5.41) is 2.92. The quantitative estimate of drug-likeness (QED) is 0.637. The van der Waals surface area contributed by atoms with Gasteiger partial charge in [-0.1, -0.05) is 19.9 Å². The molecule has 146 valence electrons. The predicted molar refractivity (Wildman–Crippen MR) is 109 cm³/mol. The molecule has 6 nitrogen and oxygen atoms in total. The molecule has 0 bridgehead atoms. The third kappa shape index (κ3) is 5.45. The second-order valence-corrected chi connectivity index (χ2v) is 6.16. The highest BCUT2D eigenvalue weighted by Gasteiger charge is 2.33. The maximum atomic E-state index is 12.5. The Balaban J connectivity index is 0.00000364. The molecule has 0 aliphatic heterocycles. The smallest absolute Gasteiger partial charge is 0.248 e. The fourth-order valence-corrected chi connectivity index (χ4v) is 2.67. The maximum absolute atomic E-state index is 12.5. The van der Waals surface area contributed by atoms with Crippen molar-refractivity contribution in [2.24, 2.45) is 16.9 Å². The van der Waals surface area contributed by atoms with Gasteiger partial charge in [-0.15, -0.1) is 12.4 Å². The first-order chi connectivity index (χ1) is 12.4. The molecule has 2 aromatic rings. The van der Waals surface area contributed by atoms with Crippen molar-refractivity contribution >= 4 is 29.9 Å². The predicted octanol–water partition coefficient (Wildman–Crippen LogP) is 3.70. The number of amides is 2. The van der Waals surface area contributed by atoms with E-state index < -0.39 is 11.3 Å². The van der Waals surface area contributed by atoms with Gasteiger partial charge in [0.1, 0.15) is 11.5 Å². The number of nitrogens with one attached hydrogen (secondary N) is 1. The van der Waals surface area contributed by atoms with Crippen LogP contribution in [0.1, 0.15) is 37.0 Å². The van der Waals surface area contributed by atoms with Crippen LogP contribution in [0.15, 0.2) is 48.5 Å². The van der Waals surface area contributed by atoms with Gasteiger partial charge in [0.2, 0.25) is 11.8 Å². The van der Waals surface area contributed by atoms with Gasteiger partial charge in [0.25, 0.3) is 0 Å². The Bertz CT molecular complexity index is 766. The van der Waals surface area contributed by atoms with Gasteiger partial charge in [-0.2, -0.15) is 0 Å². The van der Waals surface area contributed by atoms with Crippen LogP contribution in [-0.4, -0.2) is 18.4 Å². The molecule has 0 saturated heterocycles. The van der Waals surface area contributed by atoms with Gasteiger partial charge in [0.05, 0.1) is 5.41 Å². The van der Waals surface area contributed by atoms with Crippen molar-refractivity contribution in [3.8, 4) is 11.5 Å². The zero-order valence-electron chi connectivity index (χ0n) is 15.5. The number of halogens is 1. The summed E-state index contributed by atoms with van der Waals surface area (Å²) in [6, 6.07) is 13.7. The largest absolute Gasteiger partial charge is 0.457 e. The van der Waals surface area contributed by atoms with E-state index in [1.807, 2.05) is 13.8 Å². The minimum Gasteiger partial charge on any atom is -0.457 e. The van der Waals surface area contributed by atoms with Gasteiger partial charge >= 0.3 is 0 Å². The lowest BCUT2D eigenvalue weighted by Gasteiger charge is -2.28. The highest BCUT2D eigenvalue weighted by molar-refractivity contribution is 5.95. The summed E-state index contributed by atoms with van der Waals surface area (Å²) in [4.78, 5) is 23.8. The SMILES string of the molecule is CCC(CC)(CN)C(=O)Nc1ccc(Oc2cccc(C(N)=O)c2)cc1.Cl. The third-order valence-corrected chi connectivity index (χ3v) is 4.69. The molecule has 0 aromatic heterocycles. The molecule has 7 heteroatoms. The van der Waals surface area contributed by atoms with Crippen molar-refractivity contribution in [2.45, 2.75) is 26.7 Å². The van der Waals surface area contributed by atoms with Crippen molar-refractivity contribution in [1.29, 1.82) is 0 Å². The number of hydrogen-bond donors (Lipinski definition) is 3. The zero-order valence-corrected chi connectivity index (χ0v) is 16.3. The minimum absolute atomic E-state index is 0. The van der Waals surface area contributed by atoms with Gasteiger partial charge in [-0.05, 0) is 55.3 Å². The molecule has 5 N–H and O–H groups in total. The summed E-state index contributed by atoms with van der Waals surface area (Å²) in [5.74, 6) is 0.509. The zero-order chi connectivity index (χ0) is 19.2. The van der Waals surface area contributed by atoms with Gasteiger partial charge in [0, 0.05) is 17.8 Å². The first-order valence-corrected chi connectivity index (χ1v) is 8.63. The Hall–Kier alpha value is -2.57. The van der Waals surface area contributed by atoms with Crippen molar-refractivity contribution in [3.05, 3.63) is 54.1 Å². The van der Waals surface area contributed by atoms with Crippen LogP contribution < -0.4 is 21.5 Å². The fraction of sp³-hybridized carbons (Fsp3) is 0.300. The van der Waals surface area contributed by atoms with E-state index in [0.717, 1.165) is 0 Å². The molecule has 2 rings (SSSR count). The summed E-state index contributed by atoms with van der Waals surface area (Å²) in [6.07, 6.45) is 1.37. The molecule has 0 aliphatic rings. The number of carbonyl (C=O) groups excluding carboxylic acids is 2. The highest BCUT2D eigenvalue weighted by atomic mass is 35.5. The average molecular weight is 392 g/mol.